The zero-order valence-electron chi connectivity index (χ0n) is 53.2. The maximum atomic E-state index is 13.3. The molecule has 0 aromatic carbocycles. The van der Waals surface area contributed by atoms with E-state index in [1.165, 1.54) is 51.4 Å². The Kier molecular flexibility index (Phi) is 45.1. The van der Waals surface area contributed by atoms with Crippen LogP contribution in [0.5, 0.6) is 0 Å². The third-order valence-corrected chi connectivity index (χ3v) is 16.2. The van der Waals surface area contributed by atoms with Crippen LogP contribution in [0.1, 0.15) is 200 Å². The van der Waals surface area contributed by atoms with Crippen molar-refractivity contribution in [3.05, 3.63) is 97.2 Å². The molecule has 3 fully saturated rings. The van der Waals surface area contributed by atoms with Crippen LogP contribution in [-0.2, 0) is 33.2 Å². The summed E-state index contributed by atoms with van der Waals surface area (Å²) in [6.45, 7) is 1.57. The molecule has 3 saturated heterocycles. The van der Waals surface area contributed by atoms with Crippen LogP contribution in [-0.4, -0.2) is 193 Å². The van der Waals surface area contributed by atoms with Gasteiger partial charge in [0.2, 0.25) is 5.91 Å². The molecule has 12 N–H and O–H groups in total. The van der Waals surface area contributed by atoms with Gasteiger partial charge in [0, 0.05) is 6.42 Å². The molecule has 17 atom stereocenters. The molecule has 17 unspecified atom stereocenters. The molecule has 3 aliphatic heterocycles. The lowest BCUT2D eigenvalue weighted by molar-refractivity contribution is -0.379. The van der Waals surface area contributed by atoms with Crippen molar-refractivity contribution in [2.75, 3.05) is 26.4 Å². The van der Waals surface area contributed by atoms with Crippen molar-refractivity contribution in [2.24, 2.45) is 0 Å². The summed E-state index contributed by atoms with van der Waals surface area (Å²) in [5.74, 6) is -0.255. The van der Waals surface area contributed by atoms with Crippen LogP contribution in [0.2, 0.25) is 0 Å². The third-order valence-electron chi connectivity index (χ3n) is 16.2. The summed E-state index contributed by atoms with van der Waals surface area (Å²) < 4.78 is 34.2. The summed E-state index contributed by atoms with van der Waals surface area (Å²) in [7, 11) is 0. The first-order valence-electron chi connectivity index (χ1n) is 33.5. The fourth-order valence-electron chi connectivity index (χ4n) is 10.7. The number of carbonyl (C=O) groups excluding carboxylic acids is 1. The van der Waals surface area contributed by atoms with E-state index in [4.69, 9.17) is 28.4 Å². The van der Waals surface area contributed by atoms with Crippen LogP contribution in [0.4, 0.5) is 0 Å². The molecule has 0 aliphatic carbocycles. The Hall–Kier alpha value is -3.29. The fraction of sp³-hybridized carbons (Fsp3) is 0.754. The molecule has 88 heavy (non-hydrogen) atoms. The number of hydrogen-bond donors (Lipinski definition) is 12. The second kappa shape index (κ2) is 50.3. The minimum absolute atomic E-state index is 0.255. The molecular weight excluding hydrogens is 1130 g/mol. The van der Waals surface area contributed by atoms with E-state index in [9.17, 15) is 61.0 Å². The summed E-state index contributed by atoms with van der Waals surface area (Å²) in [6.07, 6.45) is 38.5. The van der Waals surface area contributed by atoms with Crippen LogP contribution in [0, 0.1) is 0 Å². The van der Waals surface area contributed by atoms with Crippen molar-refractivity contribution < 1.29 is 89.4 Å². The van der Waals surface area contributed by atoms with Gasteiger partial charge in [0.25, 0.3) is 0 Å². The predicted molar refractivity (Wildman–Crippen MR) is 341 cm³/mol. The lowest BCUT2D eigenvalue weighted by Gasteiger charge is -2.48. The van der Waals surface area contributed by atoms with Crippen LogP contribution in [0.25, 0.3) is 0 Å². The number of ether oxygens (including phenoxy) is 6. The molecule has 1 amide bonds. The molecule has 0 saturated carbocycles. The lowest BCUT2D eigenvalue weighted by Crippen LogP contribution is -2.66. The molecule has 0 aromatic heterocycles. The number of allylic oxidation sites excluding steroid dienone is 16. The first-order valence-corrected chi connectivity index (χ1v) is 33.5. The molecule has 3 heterocycles. The Morgan fingerprint density at radius 2 is 0.784 bits per heavy atom. The molecule has 0 aromatic rings. The highest BCUT2D eigenvalue weighted by Gasteiger charge is 2.53. The predicted octanol–water partition coefficient (Wildman–Crippen LogP) is 8.10. The maximum Gasteiger partial charge on any atom is 0.220 e. The molecule has 19 heteroatoms. The van der Waals surface area contributed by atoms with E-state index >= 15 is 0 Å². The van der Waals surface area contributed by atoms with Crippen molar-refractivity contribution in [1.82, 2.24) is 5.32 Å². The number of nitrogens with one attached hydrogen (secondary N) is 1. The first kappa shape index (κ1) is 78.9. The van der Waals surface area contributed by atoms with Gasteiger partial charge in [0.05, 0.1) is 38.6 Å². The second-order valence-corrected chi connectivity index (χ2v) is 23.6. The number of unbranched alkanes of at least 4 members (excludes halogenated alkanes) is 17. The first-order chi connectivity index (χ1) is 42.8. The van der Waals surface area contributed by atoms with Gasteiger partial charge in [-0.2, -0.15) is 0 Å². The fourth-order valence-corrected chi connectivity index (χ4v) is 10.7. The Bertz CT molecular complexity index is 1970. The molecule has 0 spiro atoms. The van der Waals surface area contributed by atoms with Crippen molar-refractivity contribution in [1.29, 1.82) is 0 Å². The summed E-state index contributed by atoms with van der Waals surface area (Å²) >= 11 is 0. The van der Waals surface area contributed by atoms with Gasteiger partial charge in [-0.25, -0.2) is 0 Å². The van der Waals surface area contributed by atoms with Gasteiger partial charge in [-0.1, -0.05) is 214 Å². The highest BCUT2D eigenvalue weighted by atomic mass is 16.8. The normalized spacial score (nSPS) is 29.0. The summed E-state index contributed by atoms with van der Waals surface area (Å²) in [4.78, 5) is 13.3. The number of amides is 1. The largest absolute Gasteiger partial charge is 0.394 e. The van der Waals surface area contributed by atoms with Crippen molar-refractivity contribution in [3.8, 4) is 0 Å². The minimum Gasteiger partial charge on any atom is -0.394 e. The van der Waals surface area contributed by atoms with Gasteiger partial charge < -0.3 is 89.9 Å². The molecule has 506 valence electrons. The monoisotopic (exact) mass is 1250 g/mol. The number of rotatable bonds is 49. The van der Waals surface area contributed by atoms with E-state index in [1.54, 1.807) is 0 Å². The molecule has 3 aliphatic rings. The summed E-state index contributed by atoms with van der Waals surface area (Å²) in [5.41, 5.74) is 0. The Labute approximate surface area is 526 Å². The van der Waals surface area contributed by atoms with Crippen molar-refractivity contribution in [2.45, 2.75) is 304 Å². The molecule has 3 rings (SSSR count). The topological polar surface area (TPSA) is 307 Å². The highest BCUT2D eigenvalue weighted by Crippen LogP contribution is 2.33. The third kappa shape index (κ3) is 32.3. The zero-order chi connectivity index (χ0) is 64.0. The van der Waals surface area contributed by atoms with Gasteiger partial charge in [-0.05, 0) is 77.0 Å². The van der Waals surface area contributed by atoms with Gasteiger partial charge >= 0.3 is 0 Å². The van der Waals surface area contributed by atoms with Crippen LogP contribution >= 0.6 is 0 Å². The zero-order valence-corrected chi connectivity index (χ0v) is 53.2. The van der Waals surface area contributed by atoms with Crippen LogP contribution in [0.15, 0.2) is 97.2 Å². The molecule has 19 nitrogen and oxygen atoms in total. The summed E-state index contributed by atoms with van der Waals surface area (Å²) in [6, 6.07) is -0.890. The maximum absolute atomic E-state index is 13.3. The van der Waals surface area contributed by atoms with E-state index in [1.807, 2.05) is 0 Å². The minimum atomic E-state index is -1.97. The van der Waals surface area contributed by atoms with E-state index in [-0.39, 0.29) is 18.9 Å². The quantitative estimate of drug-likeness (QED) is 0.0202. The van der Waals surface area contributed by atoms with Gasteiger partial charge in [0.1, 0.15) is 73.2 Å². The Balaban J connectivity index is 1.28. The molecule has 0 radical (unpaired) electrons. The van der Waals surface area contributed by atoms with Crippen molar-refractivity contribution >= 4 is 5.91 Å². The number of aliphatic hydroxyl groups is 11. The summed E-state index contributed by atoms with van der Waals surface area (Å²) in [5, 5.41) is 120. The van der Waals surface area contributed by atoms with E-state index in [0.29, 0.717) is 12.8 Å². The van der Waals surface area contributed by atoms with E-state index in [0.717, 1.165) is 116 Å². The number of carbonyl (C=O) groups is 1. The number of aliphatic hydroxyl groups excluding tert-OH is 11. The highest BCUT2D eigenvalue weighted by molar-refractivity contribution is 5.76. The number of hydrogen-bond acceptors (Lipinski definition) is 18. The molecule has 0 bridgehead atoms. The lowest BCUT2D eigenvalue weighted by atomic mass is 9.96. The average molecular weight is 1250 g/mol. The van der Waals surface area contributed by atoms with Gasteiger partial charge in [-0.15, -0.1) is 0 Å². The van der Waals surface area contributed by atoms with Gasteiger partial charge in [0.15, 0.2) is 18.9 Å². The second-order valence-electron chi connectivity index (χ2n) is 23.6. The van der Waals surface area contributed by atoms with Gasteiger partial charge in [-0.3, -0.25) is 4.79 Å². The SMILES string of the molecule is CC/C=C\C/C=C\C/C=C\C/C=C\C/C=C\C/C=C\C/C=C\C/C=C\CCCCCCCCCCCCCCC(=O)NC(COC1OC(CO)C(OC2OC(CO)C(OC3OC(CO)C(O)C(O)C3O)C(O)C2O)C(O)C1O)C(O)CCCCCCCC. The van der Waals surface area contributed by atoms with Crippen molar-refractivity contribution in [3.63, 3.8) is 0 Å². The van der Waals surface area contributed by atoms with Crippen LogP contribution < -0.4 is 5.32 Å². The Morgan fingerprint density at radius 3 is 1.23 bits per heavy atom. The van der Waals surface area contributed by atoms with E-state index in [2.05, 4.69) is 116 Å². The molecular formula is C69H117NO18. The average Bonchev–Trinajstić information content (AvgIpc) is 0.949. The Morgan fingerprint density at radius 1 is 0.420 bits per heavy atom. The standard InChI is InChI=1S/C69H117NO18/c1-3-5-7-9-11-12-13-14-15-16-17-18-19-20-21-22-23-24-25-26-27-28-29-30-31-32-33-34-35-36-37-38-39-40-41-43-45-47-57(75)70-52(53(74)46-44-42-10-8-6-4-2)51-83-67-63(81)60(78)65(55(49-72)85-67)88-69-64(82)61(79)66(56(50-73)86-69)87-68-62(80)59(77)58(76)54(48-71)84-68/h5,7,11-12,14-15,17-18,20-21,23-24,26-27,29-30,52-56,58-69,71-74,76-82H,3-4,6,8-10,13,16,19,22,25,28,31-51H2,1-2H3,(H,70,75)/b7-5-,12-11-,15-14-,18-17-,21-20-,24-23-,27-26-,30-29-. The van der Waals surface area contributed by atoms with E-state index < -0.39 is 124 Å². The smallest absolute Gasteiger partial charge is 0.220 e. The van der Waals surface area contributed by atoms with Crippen LogP contribution in [0.3, 0.4) is 0 Å².